The van der Waals surface area contributed by atoms with Crippen molar-refractivity contribution < 1.29 is 18.8 Å². The lowest BCUT2D eigenvalue weighted by molar-refractivity contribution is -0.115. The van der Waals surface area contributed by atoms with Crippen molar-refractivity contribution in [2.75, 3.05) is 24.3 Å². The van der Waals surface area contributed by atoms with E-state index in [-0.39, 0.29) is 35.2 Å². The first kappa shape index (κ1) is 23.5. The summed E-state index contributed by atoms with van der Waals surface area (Å²) in [5.74, 6) is -0.305. The van der Waals surface area contributed by atoms with Crippen LogP contribution in [-0.4, -0.2) is 40.0 Å². The van der Waals surface area contributed by atoms with E-state index in [1.165, 1.54) is 0 Å². The molecule has 180 valence electrons. The van der Waals surface area contributed by atoms with Crippen LogP contribution < -0.4 is 16.8 Å². The van der Waals surface area contributed by atoms with Crippen molar-refractivity contribution >= 4 is 23.5 Å². The van der Waals surface area contributed by atoms with E-state index in [0.717, 1.165) is 24.1 Å². The molecule has 10 nitrogen and oxygen atoms in total. The van der Waals surface area contributed by atoms with Crippen molar-refractivity contribution in [2.24, 2.45) is 11.1 Å². The van der Waals surface area contributed by atoms with Gasteiger partial charge in [0.15, 0.2) is 0 Å². The maximum atomic E-state index is 12.5. The maximum Gasteiger partial charge on any atom is 0.254 e. The van der Waals surface area contributed by atoms with Gasteiger partial charge < -0.3 is 20.7 Å². The molecule has 1 aliphatic rings. The minimum absolute atomic E-state index is 0.0326. The van der Waals surface area contributed by atoms with Crippen molar-refractivity contribution in [1.29, 1.82) is 0 Å². The monoisotopic (exact) mass is 466 g/mol. The highest BCUT2D eigenvalue weighted by molar-refractivity contribution is 6.03. The van der Waals surface area contributed by atoms with Crippen LogP contribution in [0.15, 0.2) is 34.9 Å². The van der Waals surface area contributed by atoms with E-state index in [0.29, 0.717) is 30.4 Å². The Bertz CT molecular complexity index is 1180. The number of aromatic nitrogens is 3. The molecule has 1 atom stereocenters. The SMILES string of the molecule is CC(C)(C)Cc1cc(NC(=O)Cc2ccc(-c3nn(C4CCOC4)c(N)c3C(N)=O)cc2)on1. The molecule has 5 N–H and O–H groups in total. The van der Waals surface area contributed by atoms with Crippen LogP contribution in [0.3, 0.4) is 0 Å². The van der Waals surface area contributed by atoms with Crippen molar-refractivity contribution in [3.63, 3.8) is 0 Å². The second-order valence-corrected chi connectivity index (χ2v) is 9.78. The number of nitrogens with zero attached hydrogens (tertiary/aromatic N) is 3. The highest BCUT2D eigenvalue weighted by Gasteiger charge is 2.27. The number of anilines is 2. The molecule has 0 saturated carbocycles. The lowest BCUT2D eigenvalue weighted by atomic mass is 9.91. The molecule has 0 radical (unpaired) electrons. The van der Waals surface area contributed by atoms with Gasteiger partial charge in [0.25, 0.3) is 5.91 Å². The summed E-state index contributed by atoms with van der Waals surface area (Å²) >= 11 is 0. The summed E-state index contributed by atoms with van der Waals surface area (Å²) in [5, 5.41) is 11.3. The molecular formula is C24H30N6O4. The Morgan fingerprint density at radius 2 is 1.97 bits per heavy atom. The molecule has 0 aliphatic carbocycles. The zero-order valence-electron chi connectivity index (χ0n) is 19.6. The average molecular weight is 467 g/mol. The molecule has 4 rings (SSSR count). The van der Waals surface area contributed by atoms with E-state index < -0.39 is 5.91 Å². The van der Waals surface area contributed by atoms with Gasteiger partial charge >= 0.3 is 0 Å². The highest BCUT2D eigenvalue weighted by atomic mass is 16.5. The first-order chi connectivity index (χ1) is 16.1. The van der Waals surface area contributed by atoms with Gasteiger partial charge in [0.1, 0.15) is 17.1 Å². The molecule has 1 unspecified atom stereocenters. The van der Waals surface area contributed by atoms with Gasteiger partial charge in [-0.1, -0.05) is 50.2 Å². The van der Waals surface area contributed by atoms with Gasteiger partial charge in [-0.15, -0.1) is 0 Å². The van der Waals surface area contributed by atoms with E-state index in [1.54, 1.807) is 35.0 Å². The zero-order chi connectivity index (χ0) is 24.5. The third-order valence-electron chi connectivity index (χ3n) is 5.57. The van der Waals surface area contributed by atoms with Gasteiger partial charge in [-0.25, -0.2) is 4.68 Å². The molecule has 1 saturated heterocycles. The third-order valence-corrected chi connectivity index (χ3v) is 5.57. The quantitative estimate of drug-likeness (QED) is 0.484. The standard InChI is InChI=1S/C24H30N6O4/c1-24(2,3)12-16-11-19(34-29-16)27-18(31)10-14-4-6-15(7-5-14)21-20(23(26)32)22(25)30(28-21)17-8-9-33-13-17/h4-7,11,17H,8-10,12-13,25H2,1-3H3,(H2,26,32)(H,27,31). The Kier molecular flexibility index (Phi) is 6.43. The van der Waals surface area contributed by atoms with Crippen molar-refractivity contribution in [3.8, 4) is 11.3 Å². The minimum Gasteiger partial charge on any atom is -0.383 e. The Morgan fingerprint density at radius 1 is 1.24 bits per heavy atom. The smallest absolute Gasteiger partial charge is 0.254 e. The number of hydrogen-bond donors (Lipinski definition) is 3. The van der Waals surface area contributed by atoms with Crippen LogP contribution in [0.4, 0.5) is 11.7 Å². The first-order valence-electron chi connectivity index (χ1n) is 11.2. The van der Waals surface area contributed by atoms with Gasteiger partial charge in [0.2, 0.25) is 11.8 Å². The third kappa shape index (κ3) is 5.28. The van der Waals surface area contributed by atoms with Crippen LogP contribution >= 0.6 is 0 Å². The van der Waals surface area contributed by atoms with E-state index in [1.807, 2.05) is 0 Å². The van der Waals surface area contributed by atoms with Gasteiger partial charge in [-0.3, -0.25) is 14.9 Å². The summed E-state index contributed by atoms with van der Waals surface area (Å²) in [6.45, 7) is 7.43. The molecule has 1 fully saturated rings. The molecular weight excluding hydrogens is 436 g/mol. The number of primary amides is 1. The number of carbonyl (C=O) groups excluding carboxylic acids is 2. The summed E-state index contributed by atoms with van der Waals surface area (Å²) in [6.07, 6.45) is 1.66. The topological polar surface area (TPSA) is 151 Å². The number of nitrogens with one attached hydrogen (secondary N) is 1. The number of nitrogen functional groups attached to an aromatic ring is 1. The highest BCUT2D eigenvalue weighted by Crippen LogP contribution is 2.31. The summed E-state index contributed by atoms with van der Waals surface area (Å²) in [5.41, 5.74) is 14.7. The minimum atomic E-state index is -0.640. The molecule has 34 heavy (non-hydrogen) atoms. The molecule has 1 aliphatic heterocycles. The largest absolute Gasteiger partial charge is 0.383 e. The fraction of sp³-hybridized carbons (Fsp3) is 0.417. The summed E-state index contributed by atoms with van der Waals surface area (Å²) in [4.78, 5) is 24.6. The van der Waals surface area contributed by atoms with Gasteiger partial charge in [0.05, 0.1) is 24.8 Å². The van der Waals surface area contributed by atoms with Crippen LogP contribution in [0.25, 0.3) is 11.3 Å². The Balaban J connectivity index is 1.46. The second kappa shape index (κ2) is 9.30. The normalized spacial score (nSPS) is 16.0. The van der Waals surface area contributed by atoms with Gasteiger partial charge in [-0.2, -0.15) is 5.10 Å². The van der Waals surface area contributed by atoms with E-state index >= 15 is 0 Å². The van der Waals surface area contributed by atoms with E-state index in [2.05, 4.69) is 36.3 Å². The Hall–Kier alpha value is -3.66. The van der Waals surface area contributed by atoms with Crippen molar-refractivity contribution in [1.82, 2.24) is 14.9 Å². The van der Waals surface area contributed by atoms with Crippen LogP contribution in [0.1, 0.15) is 54.8 Å². The lowest BCUT2D eigenvalue weighted by Crippen LogP contribution is -2.16. The summed E-state index contributed by atoms with van der Waals surface area (Å²) < 4.78 is 12.3. The number of hydrogen-bond acceptors (Lipinski definition) is 7. The molecule has 0 bridgehead atoms. The van der Waals surface area contributed by atoms with Gasteiger partial charge in [0, 0.05) is 18.2 Å². The van der Waals surface area contributed by atoms with Crippen LogP contribution in [0.5, 0.6) is 0 Å². The van der Waals surface area contributed by atoms with Crippen molar-refractivity contribution in [2.45, 2.75) is 46.1 Å². The summed E-state index contributed by atoms with van der Waals surface area (Å²) in [6, 6.07) is 8.91. The fourth-order valence-electron chi connectivity index (χ4n) is 4.03. The predicted molar refractivity (Wildman–Crippen MR) is 127 cm³/mol. The second-order valence-electron chi connectivity index (χ2n) is 9.78. The Morgan fingerprint density at radius 3 is 2.59 bits per heavy atom. The molecule has 10 heteroatoms. The number of carbonyl (C=O) groups is 2. The van der Waals surface area contributed by atoms with Gasteiger partial charge in [-0.05, 0) is 23.8 Å². The number of benzene rings is 1. The average Bonchev–Trinajstić information content (AvgIpc) is 3.48. The number of amides is 2. The molecule has 3 aromatic rings. The molecule has 3 heterocycles. The molecule has 2 amide bonds. The molecule has 2 aromatic heterocycles. The fourth-order valence-corrected chi connectivity index (χ4v) is 4.03. The van der Waals surface area contributed by atoms with Crippen LogP contribution in [0, 0.1) is 5.41 Å². The van der Waals surface area contributed by atoms with Crippen LogP contribution in [-0.2, 0) is 22.4 Å². The predicted octanol–water partition coefficient (Wildman–Crippen LogP) is 2.95. The maximum absolute atomic E-state index is 12.5. The summed E-state index contributed by atoms with van der Waals surface area (Å²) in [7, 11) is 0. The number of rotatable bonds is 7. The van der Waals surface area contributed by atoms with Crippen molar-refractivity contribution in [3.05, 3.63) is 47.2 Å². The zero-order valence-corrected chi connectivity index (χ0v) is 19.6. The number of nitrogens with two attached hydrogens (primary N) is 2. The van der Waals surface area contributed by atoms with E-state index in [9.17, 15) is 9.59 Å². The molecule has 1 aromatic carbocycles. The Labute approximate surface area is 197 Å². The number of ether oxygens (including phenoxy) is 1. The lowest BCUT2D eigenvalue weighted by Gasteiger charge is -2.14. The van der Waals surface area contributed by atoms with Crippen LogP contribution in [0.2, 0.25) is 0 Å². The van der Waals surface area contributed by atoms with E-state index in [4.69, 9.17) is 20.7 Å². The molecule has 0 spiro atoms. The first-order valence-corrected chi connectivity index (χ1v) is 11.2.